The molecule has 0 bridgehead atoms. The van der Waals surface area contributed by atoms with Gasteiger partial charge in [-0.3, -0.25) is 4.79 Å². The number of thiol groups is 1. The van der Waals surface area contributed by atoms with Gasteiger partial charge in [0.25, 0.3) is 5.91 Å². The molecule has 0 radical (unpaired) electrons. The van der Waals surface area contributed by atoms with E-state index in [4.69, 9.17) is 5.26 Å². The summed E-state index contributed by atoms with van der Waals surface area (Å²) >= 11 is 4.18. The number of carbonyl (C=O) groups is 1. The first-order chi connectivity index (χ1) is 9.11. The van der Waals surface area contributed by atoms with Crippen LogP contribution in [0.1, 0.15) is 15.9 Å². The molecule has 1 amide bonds. The highest BCUT2D eigenvalue weighted by Gasteiger charge is 2.11. The van der Waals surface area contributed by atoms with Gasteiger partial charge in [0.1, 0.15) is 11.9 Å². The molecule has 3 nitrogen and oxygen atoms in total. The van der Waals surface area contributed by atoms with Crippen molar-refractivity contribution < 1.29 is 9.18 Å². The molecule has 0 heterocycles. The van der Waals surface area contributed by atoms with E-state index in [0.29, 0.717) is 10.5 Å². The zero-order valence-electron chi connectivity index (χ0n) is 9.72. The van der Waals surface area contributed by atoms with E-state index in [-0.39, 0.29) is 11.3 Å². The largest absolute Gasteiger partial charge is 0.321 e. The maximum Gasteiger partial charge on any atom is 0.256 e. The maximum atomic E-state index is 13.0. The molecule has 0 spiro atoms. The Bertz CT molecular complexity index is 679. The molecule has 0 aliphatic heterocycles. The molecule has 0 saturated carbocycles. The number of nitrogens with one attached hydrogen (secondary N) is 1. The van der Waals surface area contributed by atoms with Crippen LogP contribution in [-0.2, 0) is 0 Å². The van der Waals surface area contributed by atoms with Gasteiger partial charge in [0.15, 0.2) is 0 Å². The summed E-state index contributed by atoms with van der Waals surface area (Å²) in [7, 11) is 0. The summed E-state index contributed by atoms with van der Waals surface area (Å²) in [6.07, 6.45) is 0. The molecule has 0 saturated heterocycles. The van der Waals surface area contributed by atoms with Crippen LogP contribution in [0.25, 0.3) is 0 Å². The lowest BCUT2D eigenvalue weighted by Gasteiger charge is -2.08. The lowest BCUT2D eigenvalue weighted by molar-refractivity contribution is 0.102. The van der Waals surface area contributed by atoms with Crippen molar-refractivity contribution in [3.05, 3.63) is 59.4 Å². The van der Waals surface area contributed by atoms with Crippen LogP contribution in [0.5, 0.6) is 0 Å². The Labute approximate surface area is 115 Å². The number of halogens is 1. The van der Waals surface area contributed by atoms with Crippen molar-refractivity contribution in [2.75, 3.05) is 5.32 Å². The molecule has 2 rings (SSSR count). The Morgan fingerprint density at radius 3 is 2.68 bits per heavy atom. The summed E-state index contributed by atoms with van der Waals surface area (Å²) in [6.45, 7) is 0. The minimum atomic E-state index is -0.524. The molecule has 0 atom stereocenters. The fourth-order valence-corrected chi connectivity index (χ4v) is 1.84. The van der Waals surface area contributed by atoms with Crippen LogP contribution in [-0.4, -0.2) is 5.91 Å². The molecule has 0 fully saturated rings. The fraction of sp³-hybridized carbons (Fsp3) is 0. The molecule has 2 aromatic carbocycles. The van der Waals surface area contributed by atoms with Crippen molar-refractivity contribution in [2.45, 2.75) is 4.90 Å². The van der Waals surface area contributed by atoms with Crippen LogP contribution < -0.4 is 5.32 Å². The van der Waals surface area contributed by atoms with E-state index < -0.39 is 11.7 Å². The van der Waals surface area contributed by atoms with Crippen LogP contribution >= 0.6 is 12.6 Å². The number of hydrogen-bond acceptors (Lipinski definition) is 3. The minimum absolute atomic E-state index is 0.0741. The molecule has 0 unspecified atom stereocenters. The molecule has 1 N–H and O–H groups in total. The van der Waals surface area contributed by atoms with Gasteiger partial charge in [-0.2, -0.15) is 5.26 Å². The van der Waals surface area contributed by atoms with E-state index in [1.165, 1.54) is 12.1 Å². The van der Waals surface area contributed by atoms with Gasteiger partial charge in [0.05, 0.1) is 16.8 Å². The van der Waals surface area contributed by atoms with Gasteiger partial charge in [0, 0.05) is 4.90 Å². The number of amides is 1. The van der Waals surface area contributed by atoms with Crippen LogP contribution in [0.4, 0.5) is 10.1 Å². The van der Waals surface area contributed by atoms with E-state index in [1.54, 1.807) is 24.3 Å². The van der Waals surface area contributed by atoms with E-state index in [9.17, 15) is 9.18 Å². The third-order valence-electron chi connectivity index (χ3n) is 2.50. The van der Waals surface area contributed by atoms with E-state index in [1.807, 2.05) is 6.07 Å². The summed E-state index contributed by atoms with van der Waals surface area (Å²) < 4.78 is 13.0. The molecule has 2 aromatic rings. The van der Waals surface area contributed by atoms with Crippen LogP contribution in [0, 0.1) is 17.1 Å². The second-order valence-corrected chi connectivity index (χ2v) is 4.25. The second kappa shape index (κ2) is 5.55. The zero-order valence-corrected chi connectivity index (χ0v) is 10.6. The highest BCUT2D eigenvalue weighted by atomic mass is 32.1. The van der Waals surface area contributed by atoms with Crippen LogP contribution in [0.2, 0.25) is 0 Å². The van der Waals surface area contributed by atoms with Crippen molar-refractivity contribution in [1.82, 2.24) is 0 Å². The summed E-state index contributed by atoms with van der Waals surface area (Å²) in [5.74, 6) is -0.919. The van der Waals surface area contributed by atoms with Crippen molar-refractivity contribution in [1.29, 1.82) is 5.26 Å². The van der Waals surface area contributed by atoms with Gasteiger partial charge in [-0.1, -0.05) is 12.1 Å². The molecule has 0 aliphatic carbocycles. The van der Waals surface area contributed by atoms with Gasteiger partial charge >= 0.3 is 0 Å². The van der Waals surface area contributed by atoms with Crippen molar-refractivity contribution >= 4 is 24.2 Å². The Hall–Kier alpha value is -2.32. The first kappa shape index (κ1) is 13.1. The smallest absolute Gasteiger partial charge is 0.256 e. The number of benzene rings is 2. The lowest BCUT2D eigenvalue weighted by Crippen LogP contribution is -2.13. The summed E-state index contributed by atoms with van der Waals surface area (Å²) in [5.41, 5.74) is 0.731. The van der Waals surface area contributed by atoms with E-state index in [0.717, 1.165) is 6.07 Å². The monoisotopic (exact) mass is 272 g/mol. The van der Waals surface area contributed by atoms with Gasteiger partial charge in [-0.25, -0.2) is 4.39 Å². The molecule has 0 aliphatic rings. The first-order valence-electron chi connectivity index (χ1n) is 5.41. The molecule has 0 aromatic heterocycles. The van der Waals surface area contributed by atoms with Gasteiger partial charge < -0.3 is 5.32 Å². The standard InChI is InChI=1S/C14H9FN2OS/c15-10-5-6-12(9(7-10)8-16)17-14(18)11-3-1-2-4-13(11)19/h1-7,19H,(H,17,18). The quantitative estimate of drug-likeness (QED) is 0.825. The van der Waals surface area contributed by atoms with Gasteiger partial charge in [-0.05, 0) is 30.3 Å². The van der Waals surface area contributed by atoms with Gasteiger partial charge in [-0.15, -0.1) is 12.6 Å². The minimum Gasteiger partial charge on any atom is -0.321 e. The van der Waals surface area contributed by atoms with Crippen LogP contribution in [0.3, 0.4) is 0 Å². The fourth-order valence-electron chi connectivity index (χ4n) is 1.57. The Morgan fingerprint density at radius 1 is 1.26 bits per heavy atom. The van der Waals surface area contributed by atoms with E-state index in [2.05, 4.69) is 17.9 Å². The molecular weight excluding hydrogens is 263 g/mol. The lowest BCUT2D eigenvalue weighted by atomic mass is 10.1. The van der Waals surface area contributed by atoms with E-state index >= 15 is 0 Å². The summed E-state index contributed by atoms with van der Waals surface area (Å²) in [4.78, 5) is 12.6. The molecule has 94 valence electrons. The van der Waals surface area contributed by atoms with Crippen molar-refractivity contribution in [3.63, 3.8) is 0 Å². The normalized spacial score (nSPS) is 9.74. The third kappa shape index (κ3) is 2.92. The number of carbonyl (C=O) groups excluding carboxylic acids is 1. The highest BCUT2D eigenvalue weighted by Crippen LogP contribution is 2.19. The predicted octanol–water partition coefficient (Wildman–Crippen LogP) is 3.24. The predicted molar refractivity (Wildman–Crippen MR) is 72.8 cm³/mol. The van der Waals surface area contributed by atoms with Crippen molar-refractivity contribution in [2.24, 2.45) is 0 Å². The molecule has 5 heteroatoms. The second-order valence-electron chi connectivity index (χ2n) is 3.77. The van der Waals surface area contributed by atoms with Crippen molar-refractivity contribution in [3.8, 4) is 6.07 Å². The summed E-state index contributed by atoms with van der Waals surface area (Å²) in [6, 6.07) is 12.2. The number of nitrogens with zero attached hydrogens (tertiary/aromatic N) is 1. The SMILES string of the molecule is N#Cc1cc(F)ccc1NC(=O)c1ccccc1S. The number of anilines is 1. The van der Waals surface area contributed by atoms with Gasteiger partial charge in [0.2, 0.25) is 0 Å². The number of hydrogen-bond donors (Lipinski definition) is 2. The molecular formula is C14H9FN2OS. The maximum absolute atomic E-state index is 13.0. The highest BCUT2D eigenvalue weighted by molar-refractivity contribution is 7.80. The third-order valence-corrected chi connectivity index (χ3v) is 2.89. The Balaban J connectivity index is 2.30. The number of rotatable bonds is 2. The average Bonchev–Trinajstić information content (AvgIpc) is 2.41. The number of nitriles is 1. The zero-order chi connectivity index (χ0) is 13.8. The summed E-state index contributed by atoms with van der Waals surface area (Å²) in [5, 5.41) is 11.5. The van der Waals surface area contributed by atoms with Crippen LogP contribution in [0.15, 0.2) is 47.4 Å². The average molecular weight is 272 g/mol. The first-order valence-corrected chi connectivity index (χ1v) is 5.85. The Morgan fingerprint density at radius 2 is 2.00 bits per heavy atom. The molecule has 19 heavy (non-hydrogen) atoms. The topological polar surface area (TPSA) is 52.9 Å². The Kier molecular flexibility index (Phi) is 3.83.